The maximum Gasteiger partial charge on any atom is 0.363 e. The molecule has 16 heavy (non-hydrogen) atoms. The van der Waals surface area contributed by atoms with E-state index < -0.39 is 12.3 Å². The van der Waals surface area contributed by atoms with E-state index >= 15 is 0 Å². The number of rotatable bonds is 9. The van der Waals surface area contributed by atoms with E-state index in [1.165, 1.54) is 0 Å². The Morgan fingerprint density at radius 3 is 1.94 bits per heavy atom. The maximum atomic E-state index is 11.6. The number of esters is 1. The van der Waals surface area contributed by atoms with E-state index in [2.05, 4.69) is 0 Å². The summed E-state index contributed by atoms with van der Waals surface area (Å²) in [5, 5.41) is 0. The second-order valence-electron chi connectivity index (χ2n) is 4.10. The van der Waals surface area contributed by atoms with Crippen LogP contribution in [-0.2, 0) is 19.0 Å². The Kier molecular flexibility index (Phi) is 9.24. The topological polar surface area (TPSA) is 44.8 Å². The van der Waals surface area contributed by atoms with E-state index in [1.807, 2.05) is 27.7 Å². The van der Waals surface area contributed by atoms with Crippen LogP contribution in [0.4, 0.5) is 0 Å². The molecule has 4 nitrogen and oxygen atoms in total. The third-order valence-corrected chi connectivity index (χ3v) is 1.70. The lowest BCUT2D eigenvalue weighted by Crippen LogP contribution is -2.31. The minimum Gasteiger partial charge on any atom is -0.462 e. The van der Waals surface area contributed by atoms with Crippen LogP contribution in [0.15, 0.2) is 0 Å². The van der Waals surface area contributed by atoms with Crippen LogP contribution >= 0.6 is 0 Å². The van der Waals surface area contributed by atoms with Crippen LogP contribution in [0.25, 0.3) is 0 Å². The van der Waals surface area contributed by atoms with Crippen molar-refractivity contribution in [2.45, 2.75) is 46.8 Å². The summed E-state index contributed by atoms with van der Waals surface area (Å²) in [6, 6.07) is 0. The molecule has 0 aliphatic carbocycles. The second-order valence-corrected chi connectivity index (χ2v) is 4.10. The van der Waals surface area contributed by atoms with Crippen molar-refractivity contribution in [3.8, 4) is 0 Å². The first-order valence-corrected chi connectivity index (χ1v) is 6.01. The van der Waals surface area contributed by atoms with Gasteiger partial charge in [-0.1, -0.05) is 27.7 Å². The molecule has 0 atom stereocenters. The minimum atomic E-state index is -0.862. The van der Waals surface area contributed by atoms with E-state index in [1.54, 1.807) is 0 Å². The standard InChI is InChI=1S/C12H24O4/c1-5-7-14-12(15-8-6-2)11(13)16-9-10(3)4/h10,12H,5-9H2,1-4H3. The van der Waals surface area contributed by atoms with Gasteiger partial charge in [0.1, 0.15) is 0 Å². The summed E-state index contributed by atoms with van der Waals surface area (Å²) in [5.41, 5.74) is 0. The summed E-state index contributed by atoms with van der Waals surface area (Å²) in [4.78, 5) is 11.6. The van der Waals surface area contributed by atoms with Gasteiger partial charge in [0.2, 0.25) is 0 Å². The number of carbonyl (C=O) groups is 1. The molecule has 0 spiro atoms. The van der Waals surface area contributed by atoms with E-state index in [0.29, 0.717) is 25.7 Å². The third-order valence-electron chi connectivity index (χ3n) is 1.70. The van der Waals surface area contributed by atoms with Crippen molar-refractivity contribution in [2.24, 2.45) is 5.92 Å². The molecule has 0 unspecified atom stereocenters. The number of ether oxygens (including phenoxy) is 3. The predicted molar refractivity (Wildman–Crippen MR) is 62.1 cm³/mol. The molecule has 0 aromatic heterocycles. The number of carbonyl (C=O) groups excluding carboxylic acids is 1. The zero-order chi connectivity index (χ0) is 12.4. The third kappa shape index (κ3) is 7.65. The van der Waals surface area contributed by atoms with Crippen molar-refractivity contribution in [1.82, 2.24) is 0 Å². The highest BCUT2D eigenvalue weighted by molar-refractivity contribution is 5.73. The summed E-state index contributed by atoms with van der Waals surface area (Å²) < 4.78 is 15.7. The van der Waals surface area contributed by atoms with Gasteiger partial charge in [0.05, 0.1) is 19.8 Å². The molecule has 0 saturated heterocycles. The van der Waals surface area contributed by atoms with E-state index in [0.717, 1.165) is 12.8 Å². The lowest BCUT2D eigenvalue weighted by Gasteiger charge is -2.17. The average Bonchev–Trinajstić information content (AvgIpc) is 2.26. The lowest BCUT2D eigenvalue weighted by molar-refractivity contribution is -0.196. The predicted octanol–water partition coefficient (Wildman–Crippen LogP) is 2.36. The Morgan fingerprint density at radius 2 is 1.56 bits per heavy atom. The molecule has 0 radical (unpaired) electrons. The molecule has 0 aliphatic rings. The zero-order valence-corrected chi connectivity index (χ0v) is 10.8. The normalized spacial score (nSPS) is 11.1. The quantitative estimate of drug-likeness (QED) is 0.452. The van der Waals surface area contributed by atoms with Gasteiger partial charge in [-0.05, 0) is 18.8 Å². The summed E-state index contributed by atoms with van der Waals surface area (Å²) in [6.45, 7) is 9.35. The lowest BCUT2D eigenvalue weighted by atomic mass is 10.2. The van der Waals surface area contributed by atoms with Gasteiger partial charge in [-0.3, -0.25) is 0 Å². The first kappa shape index (κ1) is 15.4. The van der Waals surface area contributed by atoms with Crippen LogP contribution in [0, 0.1) is 5.92 Å². The average molecular weight is 232 g/mol. The van der Waals surface area contributed by atoms with Crippen LogP contribution in [0.1, 0.15) is 40.5 Å². The highest BCUT2D eigenvalue weighted by Crippen LogP contribution is 2.03. The molecular weight excluding hydrogens is 208 g/mol. The number of hydrogen-bond acceptors (Lipinski definition) is 4. The number of hydrogen-bond donors (Lipinski definition) is 0. The molecule has 0 heterocycles. The van der Waals surface area contributed by atoms with Gasteiger partial charge in [0, 0.05) is 0 Å². The second kappa shape index (κ2) is 9.60. The maximum absolute atomic E-state index is 11.6. The molecule has 0 saturated carbocycles. The Labute approximate surface area is 98.3 Å². The van der Waals surface area contributed by atoms with Gasteiger partial charge < -0.3 is 14.2 Å². The molecule has 0 aliphatic heterocycles. The summed E-state index contributed by atoms with van der Waals surface area (Å²) in [5.74, 6) is -0.0995. The molecular formula is C12H24O4. The molecule has 96 valence electrons. The fourth-order valence-corrected chi connectivity index (χ4v) is 0.951. The molecule has 0 N–H and O–H groups in total. The highest BCUT2D eigenvalue weighted by atomic mass is 16.7. The highest BCUT2D eigenvalue weighted by Gasteiger charge is 2.21. The molecule has 0 amide bonds. The van der Waals surface area contributed by atoms with Gasteiger partial charge in [-0.25, -0.2) is 4.79 Å². The van der Waals surface area contributed by atoms with Crippen LogP contribution in [0.3, 0.4) is 0 Å². The smallest absolute Gasteiger partial charge is 0.363 e. The SMILES string of the molecule is CCCOC(OCCC)C(=O)OCC(C)C. The summed E-state index contributed by atoms with van der Waals surface area (Å²) in [7, 11) is 0. The van der Waals surface area contributed by atoms with Crippen LogP contribution < -0.4 is 0 Å². The largest absolute Gasteiger partial charge is 0.462 e. The van der Waals surface area contributed by atoms with Crippen molar-refractivity contribution in [1.29, 1.82) is 0 Å². The van der Waals surface area contributed by atoms with Gasteiger partial charge in [-0.2, -0.15) is 0 Å². The van der Waals surface area contributed by atoms with Crippen molar-refractivity contribution in [3.05, 3.63) is 0 Å². The van der Waals surface area contributed by atoms with Crippen molar-refractivity contribution >= 4 is 5.97 Å². The van der Waals surface area contributed by atoms with Gasteiger partial charge in [0.15, 0.2) is 0 Å². The van der Waals surface area contributed by atoms with Gasteiger partial charge in [-0.15, -0.1) is 0 Å². The van der Waals surface area contributed by atoms with Gasteiger partial charge >= 0.3 is 5.97 Å². The molecule has 0 aromatic carbocycles. The fraction of sp³-hybridized carbons (Fsp3) is 0.917. The summed E-state index contributed by atoms with van der Waals surface area (Å²) in [6.07, 6.45) is 0.839. The Morgan fingerprint density at radius 1 is 1.06 bits per heavy atom. The molecule has 0 fully saturated rings. The van der Waals surface area contributed by atoms with Crippen molar-refractivity contribution < 1.29 is 19.0 Å². The van der Waals surface area contributed by atoms with Crippen molar-refractivity contribution in [2.75, 3.05) is 19.8 Å². The van der Waals surface area contributed by atoms with Crippen LogP contribution in [-0.4, -0.2) is 32.1 Å². The van der Waals surface area contributed by atoms with Crippen molar-refractivity contribution in [3.63, 3.8) is 0 Å². The Hall–Kier alpha value is -0.610. The summed E-state index contributed by atoms with van der Waals surface area (Å²) >= 11 is 0. The fourth-order valence-electron chi connectivity index (χ4n) is 0.951. The molecule has 4 heteroatoms. The first-order valence-electron chi connectivity index (χ1n) is 6.01. The first-order chi connectivity index (χ1) is 7.61. The van der Waals surface area contributed by atoms with Gasteiger partial charge in [0.25, 0.3) is 6.29 Å². The van der Waals surface area contributed by atoms with Crippen LogP contribution in [0.2, 0.25) is 0 Å². The van der Waals surface area contributed by atoms with E-state index in [-0.39, 0.29) is 0 Å². The van der Waals surface area contributed by atoms with Crippen LogP contribution in [0.5, 0.6) is 0 Å². The Balaban J connectivity index is 3.98. The molecule has 0 rings (SSSR count). The zero-order valence-electron chi connectivity index (χ0n) is 10.8. The van der Waals surface area contributed by atoms with E-state index in [9.17, 15) is 4.79 Å². The monoisotopic (exact) mass is 232 g/mol. The molecule has 0 bridgehead atoms. The molecule has 0 aromatic rings. The Bertz CT molecular complexity index is 172. The minimum absolute atomic E-state index is 0.321. The van der Waals surface area contributed by atoms with E-state index in [4.69, 9.17) is 14.2 Å².